The third-order valence-electron chi connectivity index (χ3n) is 4.18. The molecule has 2 heteroatoms. The van der Waals surface area contributed by atoms with Gasteiger partial charge in [-0.05, 0) is 36.8 Å². The Morgan fingerprint density at radius 2 is 2.11 bits per heavy atom. The van der Waals surface area contributed by atoms with Crippen LogP contribution in [0.1, 0.15) is 57.4 Å². The zero-order chi connectivity index (χ0) is 13.0. The van der Waals surface area contributed by atoms with E-state index in [0.717, 1.165) is 12.8 Å². The van der Waals surface area contributed by atoms with Crippen LogP contribution in [0.25, 0.3) is 0 Å². The number of rotatable bonds is 6. The van der Waals surface area contributed by atoms with Gasteiger partial charge in [-0.2, -0.15) is 0 Å². The second kappa shape index (κ2) is 6.12. The van der Waals surface area contributed by atoms with Gasteiger partial charge in [0.1, 0.15) is 0 Å². The molecule has 0 aromatic heterocycles. The van der Waals surface area contributed by atoms with Crippen LogP contribution in [0.2, 0.25) is 0 Å². The average molecular weight is 263 g/mol. The van der Waals surface area contributed by atoms with Gasteiger partial charge in [0.2, 0.25) is 0 Å². The molecule has 0 spiro atoms. The van der Waals surface area contributed by atoms with Crippen molar-refractivity contribution in [2.24, 2.45) is 5.73 Å². The van der Waals surface area contributed by atoms with Crippen LogP contribution in [0.15, 0.2) is 29.2 Å². The number of fused-ring (bicyclic) bond motifs is 1. The van der Waals surface area contributed by atoms with E-state index in [4.69, 9.17) is 5.73 Å². The molecule has 0 saturated carbocycles. The maximum Gasteiger partial charge on any atom is 0.0157 e. The Labute approximate surface area is 116 Å². The summed E-state index contributed by atoms with van der Waals surface area (Å²) >= 11 is 2.00. The lowest BCUT2D eigenvalue weighted by Crippen LogP contribution is -2.40. The van der Waals surface area contributed by atoms with Crippen molar-refractivity contribution in [1.29, 1.82) is 0 Å². The summed E-state index contributed by atoms with van der Waals surface area (Å²) in [4.78, 5) is 1.47. The molecule has 2 atom stereocenters. The third-order valence-corrected chi connectivity index (χ3v) is 5.44. The summed E-state index contributed by atoms with van der Waals surface area (Å²) in [7, 11) is 0. The highest BCUT2D eigenvalue weighted by molar-refractivity contribution is 7.99. The van der Waals surface area contributed by atoms with Crippen molar-refractivity contribution in [2.45, 2.75) is 62.3 Å². The van der Waals surface area contributed by atoms with E-state index in [1.54, 1.807) is 0 Å². The van der Waals surface area contributed by atoms with E-state index in [2.05, 4.69) is 38.1 Å². The summed E-state index contributed by atoms with van der Waals surface area (Å²) in [5.41, 5.74) is 8.18. The fraction of sp³-hybridized carbons (Fsp3) is 0.625. The Bertz CT molecular complexity index is 390. The van der Waals surface area contributed by atoms with Crippen molar-refractivity contribution in [3.05, 3.63) is 29.8 Å². The smallest absolute Gasteiger partial charge is 0.0157 e. The van der Waals surface area contributed by atoms with Crippen LogP contribution in [-0.2, 0) is 0 Å². The molecule has 0 saturated heterocycles. The molecule has 1 aromatic rings. The van der Waals surface area contributed by atoms with Crippen molar-refractivity contribution in [3.63, 3.8) is 0 Å². The molecule has 1 aromatic carbocycles. The first-order chi connectivity index (χ1) is 8.68. The molecule has 2 N–H and O–H groups in total. The third kappa shape index (κ3) is 3.10. The Morgan fingerprint density at radius 1 is 1.33 bits per heavy atom. The minimum Gasteiger partial charge on any atom is -0.325 e. The summed E-state index contributed by atoms with van der Waals surface area (Å²) in [6, 6.07) is 8.83. The minimum absolute atomic E-state index is 0.0404. The number of nitrogens with two attached hydrogens (primary N) is 1. The second-order valence-electron chi connectivity index (χ2n) is 5.57. The molecule has 2 rings (SSSR count). The van der Waals surface area contributed by atoms with E-state index in [1.165, 1.54) is 35.5 Å². The van der Waals surface area contributed by atoms with Gasteiger partial charge in [-0.15, -0.1) is 11.8 Å². The first-order valence-electron chi connectivity index (χ1n) is 7.19. The van der Waals surface area contributed by atoms with Crippen molar-refractivity contribution < 1.29 is 0 Å². The first kappa shape index (κ1) is 14.0. The molecule has 100 valence electrons. The molecular formula is C16H25NS. The normalized spacial score (nSPS) is 21.6. The SMILES string of the molecule is CCCCC(N)(CC)CC1CSc2ccccc21. The van der Waals surface area contributed by atoms with Crippen molar-refractivity contribution in [3.8, 4) is 0 Å². The average Bonchev–Trinajstić information content (AvgIpc) is 2.80. The quantitative estimate of drug-likeness (QED) is 0.814. The molecule has 2 unspecified atom stereocenters. The van der Waals surface area contributed by atoms with E-state index in [1.807, 2.05) is 11.8 Å². The van der Waals surface area contributed by atoms with Gasteiger partial charge in [0.15, 0.2) is 0 Å². The van der Waals surface area contributed by atoms with E-state index in [-0.39, 0.29) is 5.54 Å². The predicted octanol–water partition coefficient (Wildman–Crippen LogP) is 4.56. The topological polar surface area (TPSA) is 26.0 Å². The van der Waals surface area contributed by atoms with Crippen molar-refractivity contribution >= 4 is 11.8 Å². The van der Waals surface area contributed by atoms with Crippen LogP contribution < -0.4 is 5.73 Å². The van der Waals surface area contributed by atoms with Gasteiger partial charge in [0.25, 0.3) is 0 Å². The summed E-state index contributed by atoms with van der Waals surface area (Å²) in [6.07, 6.45) is 5.91. The fourth-order valence-electron chi connectivity index (χ4n) is 2.84. The van der Waals surface area contributed by atoms with Crippen LogP contribution in [0.3, 0.4) is 0 Å². The van der Waals surface area contributed by atoms with E-state index in [9.17, 15) is 0 Å². The lowest BCUT2D eigenvalue weighted by atomic mass is 9.80. The molecule has 1 nitrogen and oxygen atoms in total. The molecule has 1 aliphatic heterocycles. The minimum atomic E-state index is 0.0404. The molecule has 1 heterocycles. The lowest BCUT2D eigenvalue weighted by molar-refractivity contribution is 0.324. The Kier molecular flexibility index (Phi) is 4.74. The van der Waals surface area contributed by atoms with Gasteiger partial charge in [0.05, 0.1) is 0 Å². The van der Waals surface area contributed by atoms with Gasteiger partial charge in [0, 0.05) is 16.2 Å². The highest BCUT2D eigenvalue weighted by Crippen LogP contribution is 2.43. The predicted molar refractivity (Wildman–Crippen MR) is 81.3 cm³/mol. The van der Waals surface area contributed by atoms with Crippen LogP contribution in [0.4, 0.5) is 0 Å². The van der Waals surface area contributed by atoms with E-state index in [0.29, 0.717) is 5.92 Å². The molecule has 1 aliphatic rings. The number of hydrogen-bond donors (Lipinski definition) is 1. The van der Waals surface area contributed by atoms with Crippen molar-refractivity contribution in [2.75, 3.05) is 5.75 Å². The number of benzene rings is 1. The fourth-order valence-corrected chi connectivity index (χ4v) is 4.10. The highest BCUT2D eigenvalue weighted by Gasteiger charge is 2.31. The summed E-state index contributed by atoms with van der Waals surface area (Å²) < 4.78 is 0. The van der Waals surface area contributed by atoms with Gasteiger partial charge < -0.3 is 5.73 Å². The van der Waals surface area contributed by atoms with Gasteiger partial charge in [-0.1, -0.05) is 44.9 Å². The molecule has 18 heavy (non-hydrogen) atoms. The summed E-state index contributed by atoms with van der Waals surface area (Å²) in [5.74, 6) is 1.87. The standard InChI is InChI=1S/C16H25NS/c1-3-5-10-16(17,4-2)11-13-12-18-15-9-7-6-8-14(13)15/h6-9,13H,3-5,10-12,17H2,1-2H3. The maximum atomic E-state index is 6.61. The maximum absolute atomic E-state index is 6.61. The molecule has 0 amide bonds. The van der Waals surface area contributed by atoms with Crippen LogP contribution in [0, 0.1) is 0 Å². The van der Waals surface area contributed by atoms with Crippen LogP contribution >= 0.6 is 11.8 Å². The Morgan fingerprint density at radius 3 is 2.83 bits per heavy atom. The highest BCUT2D eigenvalue weighted by atomic mass is 32.2. The molecule has 0 aliphatic carbocycles. The van der Waals surface area contributed by atoms with Gasteiger partial charge in [-0.25, -0.2) is 0 Å². The summed E-state index contributed by atoms with van der Waals surface area (Å²) in [6.45, 7) is 4.49. The molecular weight excluding hydrogens is 238 g/mol. The van der Waals surface area contributed by atoms with Gasteiger partial charge >= 0.3 is 0 Å². The second-order valence-corrected chi connectivity index (χ2v) is 6.63. The van der Waals surface area contributed by atoms with Crippen LogP contribution in [0.5, 0.6) is 0 Å². The Balaban J connectivity index is 2.05. The van der Waals surface area contributed by atoms with Gasteiger partial charge in [-0.3, -0.25) is 0 Å². The lowest BCUT2D eigenvalue weighted by Gasteiger charge is -2.31. The zero-order valence-electron chi connectivity index (χ0n) is 11.6. The zero-order valence-corrected chi connectivity index (χ0v) is 12.4. The van der Waals surface area contributed by atoms with E-state index >= 15 is 0 Å². The van der Waals surface area contributed by atoms with Crippen LogP contribution in [-0.4, -0.2) is 11.3 Å². The number of hydrogen-bond acceptors (Lipinski definition) is 2. The monoisotopic (exact) mass is 263 g/mol. The number of thioether (sulfide) groups is 1. The number of unbranched alkanes of at least 4 members (excludes halogenated alkanes) is 1. The summed E-state index contributed by atoms with van der Waals surface area (Å²) in [5, 5.41) is 0. The first-order valence-corrected chi connectivity index (χ1v) is 8.17. The van der Waals surface area contributed by atoms with E-state index < -0.39 is 0 Å². The van der Waals surface area contributed by atoms with Crippen molar-refractivity contribution in [1.82, 2.24) is 0 Å². The Hall–Kier alpha value is -0.470. The molecule has 0 bridgehead atoms. The molecule has 0 radical (unpaired) electrons. The largest absolute Gasteiger partial charge is 0.325 e. The molecule has 0 fully saturated rings.